The van der Waals surface area contributed by atoms with Gasteiger partial charge in [0, 0.05) is 0 Å². The molecule has 0 unspecified atom stereocenters. The second-order valence-corrected chi connectivity index (χ2v) is 4.91. The fraction of sp³-hybridized carbons (Fsp3) is 0.562. The predicted molar refractivity (Wildman–Crippen MR) is 79.2 cm³/mol. The topological polar surface area (TPSA) is 58.6 Å². The molecular formula is C16H25NO3. The monoisotopic (exact) mass is 279 g/mol. The van der Waals surface area contributed by atoms with Crippen LogP contribution in [0.25, 0.3) is 0 Å². The van der Waals surface area contributed by atoms with Gasteiger partial charge in [0.1, 0.15) is 5.75 Å². The summed E-state index contributed by atoms with van der Waals surface area (Å²) in [6.45, 7) is 2.82. The molecule has 0 aliphatic carbocycles. The van der Waals surface area contributed by atoms with E-state index in [9.17, 15) is 4.79 Å². The Morgan fingerprint density at radius 1 is 1.10 bits per heavy atom. The van der Waals surface area contributed by atoms with Crippen molar-refractivity contribution in [2.75, 3.05) is 6.61 Å². The first-order valence-corrected chi connectivity index (χ1v) is 7.45. The van der Waals surface area contributed by atoms with Crippen molar-refractivity contribution < 1.29 is 14.7 Å². The Morgan fingerprint density at radius 3 is 2.45 bits per heavy atom. The van der Waals surface area contributed by atoms with Crippen molar-refractivity contribution >= 4 is 5.91 Å². The number of nitrogens with one attached hydrogen (secondary N) is 1. The molecule has 1 amide bonds. The first-order valence-electron chi connectivity index (χ1n) is 7.45. The number of rotatable bonds is 10. The molecule has 0 heterocycles. The maximum Gasteiger partial charge on any atom is 0.278 e. The minimum atomic E-state index is -0.542. The first kappa shape index (κ1) is 16.5. The van der Waals surface area contributed by atoms with Gasteiger partial charge in [0.2, 0.25) is 0 Å². The number of carbonyl (C=O) groups excluding carboxylic acids is 1. The van der Waals surface area contributed by atoms with Gasteiger partial charge in [0.05, 0.1) is 12.2 Å². The Hall–Kier alpha value is -1.55. The average Bonchev–Trinajstić information content (AvgIpc) is 2.49. The number of amides is 1. The van der Waals surface area contributed by atoms with Gasteiger partial charge in [-0.3, -0.25) is 10.0 Å². The van der Waals surface area contributed by atoms with Gasteiger partial charge in [-0.05, 0) is 18.6 Å². The van der Waals surface area contributed by atoms with Crippen LogP contribution in [-0.2, 0) is 0 Å². The lowest BCUT2D eigenvalue weighted by Gasteiger charge is -2.10. The molecule has 1 aromatic rings. The fourth-order valence-electron chi connectivity index (χ4n) is 2.08. The number of unbranched alkanes of at least 4 members (excludes halogenated alkanes) is 6. The summed E-state index contributed by atoms with van der Waals surface area (Å²) < 4.78 is 5.62. The highest BCUT2D eigenvalue weighted by Gasteiger charge is 2.10. The molecule has 0 spiro atoms. The maximum absolute atomic E-state index is 11.4. The van der Waals surface area contributed by atoms with E-state index in [0.717, 1.165) is 12.8 Å². The second kappa shape index (κ2) is 10.3. The lowest BCUT2D eigenvalue weighted by atomic mass is 10.1. The van der Waals surface area contributed by atoms with Crippen molar-refractivity contribution in [3.63, 3.8) is 0 Å². The molecule has 0 saturated carbocycles. The highest BCUT2D eigenvalue weighted by molar-refractivity contribution is 5.96. The smallest absolute Gasteiger partial charge is 0.278 e. The standard InChI is InChI=1S/C16H25NO3/c1-2-3-4-5-6-7-10-13-20-15-12-9-8-11-14(15)16(18)17-19/h8-9,11-12,19H,2-7,10,13H2,1H3,(H,17,18). The van der Waals surface area contributed by atoms with Crippen LogP contribution >= 0.6 is 0 Å². The van der Waals surface area contributed by atoms with Crippen LogP contribution in [0.5, 0.6) is 5.75 Å². The van der Waals surface area contributed by atoms with Crippen molar-refractivity contribution in [2.24, 2.45) is 0 Å². The SMILES string of the molecule is CCCCCCCCCOc1ccccc1C(=O)NO. The van der Waals surface area contributed by atoms with Gasteiger partial charge in [-0.15, -0.1) is 0 Å². The summed E-state index contributed by atoms with van der Waals surface area (Å²) in [4.78, 5) is 11.4. The van der Waals surface area contributed by atoms with Crippen molar-refractivity contribution in [1.82, 2.24) is 5.48 Å². The van der Waals surface area contributed by atoms with Crippen LogP contribution in [0.3, 0.4) is 0 Å². The van der Waals surface area contributed by atoms with E-state index in [2.05, 4.69) is 6.92 Å². The largest absolute Gasteiger partial charge is 0.493 e. The quantitative estimate of drug-likeness (QED) is 0.387. The number of carbonyl (C=O) groups is 1. The van der Waals surface area contributed by atoms with Crippen molar-refractivity contribution in [1.29, 1.82) is 0 Å². The zero-order valence-electron chi connectivity index (χ0n) is 12.2. The summed E-state index contributed by atoms with van der Waals surface area (Å²) in [6.07, 6.45) is 8.57. The predicted octanol–water partition coefficient (Wildman–Crippen LogP) is 3.94. The van der Waals surface area contributed by atoms with E-state index in [-0.39, 0.29) is 0 Å². The minimum Gasteiger partial charge on any atom is -0.493 e. The minimum absolute atomic E-state index is 0.359. The molecule has 0 fully saturated rings. The summed E-state index contributed by atoms with van der Waals surface area (Å²) in [5.74, 6) is -0.0230. The molecule has 0 atom stereocenters. The molecule has 0 radical (unpaired) electrons. The molecular weight excluding hydrogens is 254 g/mol. The fourth-order valence-corrected chi connectivity index (χ4v) is 2.08. The van der Waals surface area contributed by atoms with Gasteiger partial charge in [-0.1, -0.05) is 57.6 Å². The number of hydroxylamine groups is 1. The third kappa shape index (κ3) is 6.06. The zero-order valence-corrected chi connectivity index (χ0v) is 12.2. The lowest BCUT2D eigenvalue weighted by molar-refractivity contribution is 0.0702. The van der Waals surface area contributed by atoms with Crippen LogP contribution in [0.4, 0.5) is 0 Å². The average molecular weight is 279 g/mol. The Bertz CT molecular complexity index is 393. The van der Waals surface area contributed by atoms with Gasteiger partial charge in [-0.2, -0.15) is 0 Å². The Balaban J connectivity index is 2.23. The zero-order chi connectivity index (χ0) is 14.6. The summed E-state index contributed by atoms with van der Waals surface area (Å²) in [5, 5.41) is 8.67. The van der Waals surface area contributed by atoms with Crippen LogP contribution in [0.15, 0.2) is 24.3 Å². The molecule has 1 aromatic carbocycles. The van der Waals surface area contributed by atoms with E-state index in [1.54, 1.807) is 23.7 Å². The molecule has 0 aromatic heterocycles. The number of ether oxygens (including phenoxy) is 1. The van der Waals surface area contributed by atoms with E-state index in [0.29, 0.717) is 17.9 Å². The van der Waals surface area contributed by atoms with Crippen LogP contribution in [0.1, 0.15) is 62.2 Å². The van der Waals surface area contributed by atoms with Gasteiger partial charge < -0.3 is 4.74 Å². The molecule has 1 rings (SSSR count). The number of para-hydroxylation sites is 1. The third-order valence-electron chi connectivity index (χ3n) is 3.24. The van der Waals surface area contributed by atoms with Gasteiger partial charge >= 0.3 is 0 Å². The summed E-state index contributed by atoms with van der Waals surface area (Å²) >= 11 is 0. The van der Waals surface area contributed by atoms with Gasteiger partial charge in [0.15, 0.2) is 0 Å². The molecule has 0 bridgehead atoms. The molecule has 112 valence electrons. The highest BCUT2D eigenvalue weighted by Crippen LogP contribution is 2.18. The van der Waals surface area contributed by atoms with E-state index in [1.807, 2.05) is 6.07 Å². The lowest BCUT2D eigenvalue weighted by Crippen LogP contribution is -2.19. The van der Waals surface area contributed by atoms with E-state index < -0.39 is 5.91 Å². The number of benzene rings is 1. The number of hydrogen-bond donors (Lipinski definition) is 2. The van der Waals surface area contributed by atoms with Gasteiger partial charge in [0.25, 0.3) is 5.91 Å². The molecule has 2 N–H and O–H groups in total. The highest BCUT2D eigenvalue weighted by atomic mass is 16.5. The summed E-state index contributed by atoms with van der Waals surface area (Å²) in [7, 11) is 0. The molecule has 0 saturated heterocycles. The Kier molecular flexibility index (Phi) is 8.47. The third-order valence-corrected chi connectivity index (χ3v) is 3.24. The van der Waals surface area contributed by atoms with Gasteiger partial charge in [-0.25, -0.2) is 5.48 Å². The molecule has 4 heteroatoms. The molecule has 20 heavy (non-hydrogen) atoms. The van der Waals surface area contributed by atoms with Crippen molar-refractivity contribution in [3.05, 3.63) is 29.8 Å². The van der Waals surface area contributed by atoms with Crippen molar-refractivity contribution in [3.8, 4) is 5.75 Å². The molecule has 0 aliphatic heterocycles. The Morgan fingerprint density at radius 2 is 1.75 bits per heavy atom. The van der Waals surface area contributed by atoms with Crippen LogP contribution < -0.4 is 10.2 Å². The van der Waals surface area contributed by atoms with E-state index in [1.165, 1.54) is 32.1 Å². The normalized spacial score (nSPS) is 10.3. The van der Waals surface area contributed by atoms with Crippen LogP contribution in [-0.4, -0.2) is 17.7 Å². The van der Waals surface area contributed by atoms with E-state index in [4.69, 9.17) is 9.94 Å². The number of hydrogen-bond acceptors (Lipinski definition) is 3. The van der Waals surface area contributed by atoms with Crippen LogP contribution in [0.2, 0.25) is 0 Å². The maximum atomic E-state index is 11.4. The van der Waals surface area contributed by atoms with E-state index >= 15 is 0 Å². The van der Waals surface area contributed by atoms with Crippen molar-refractivity contribution in [2.45, 2.75) is 51.9 Å². The summed E-state index contributed by atoms with van der Waals surface area (Å²) in [6, 6.07) is 6.93. The first-order chi connectivity index (χ1) is 9.79. The summed E-state index contributed by atoms with van der Waals surface area (Å²) in [5.41, 5.74) is 1.99. The van der Waals surface area contributed by atoms with Crippen LogP contribution in [0, 0.1) is 0 Å². The second-order valence-electron chi connectivity index (χ2n) is 4.91. The molecule has 0 aliphatic rings. The molecule has 4 nitrogen and oxygen atoms in total. The Labute approximate surface area is 121 Å².